The third-order valence-corrected chi connectivity index (χ3v) is 3.45. The van der Waals surface area contributed by atoms with Crippen LogP contribution in [0.4, 0.5) is 5.69 Å². The largest absolute Gasteiger partial charge is 0.399 e. The lowest BCUT2D eigenvalue weighted by Crippen LogP contribution is -2.27. The molecule has 2 aromatic rings. The minimum atomic E-state index is -0.266. The predicted octanol–water partition coefficient (Wildman–Crippen LogP) is 1.76. The first-order valence-corrected chi connectivity index (χ1v) is 6.72. The molecule has 1 atom stereocenters. The highest BCUT2D eigenvalue weighted by Gasteiger charge is 2.28. The topological polar surface area (TPSA) is 96.7 Å². The van der Waals surface area contributed by atoms with Crippen LogP contribution in [0, 0.1) is 0 Å². The zero-order chi connectivity index (χ0) is 14.1. The fraction of sp³-hybridized carbons (Fsp3) is 0.357. The zero-order valence-electron chi connectivity index (χ0n) is 11.3. The third kappa shape index (κ3) is 2.64. The van der Waals surface area contributed by atoms with Crippen LogP contribution in [0.2, 0.25) is 0 Å². The number of nitrogen functional groups attached to an aromatic ring is 1. The lowest BCUT2D eigenvalue weighted by Gasteiger charge is -2.13. The maximum atomic E-state index is 12.1. The third-order valence-electron chi connectivity index (χ3n) is 3.45. The molecule has 1 fully saturated rings. The molecule has 1 aliphatic rings. The normalized spacial score (nSPS) is 15.8. The number of carbonyl (C=O) groups excluding carboxylic acids is 1. The monoisotopic (exact) mass is 271 g/mol. The Morgan fingerprint density at radius 2 is 2.10 bits per heavy atom. The molecule has 1 aromatic carbocycles. The van der Waals surface area contributed by atoms with Gasteiger partial charge < -0.3 is 11.1 Å². The van der Waals surface area contributed by atoms with Gasteiger partial charge in [-0.15, -0.1) is 5.10 Å². The molecule has 3 rings (SSSR count). The number of nitrogens with two attached hydrogens (primary N) is 1. The second kappa shape index (κ2) is 4.96. The van der Waals surface area contributed by atoms with Crippen molar-refractivity contribution in [2.45, 2.75) is 31.7 Å². The molecule has 0 radical (unpaired) electrons. The highest BCUT2D eigenvalue weighted by molar-refractivity contribution is 5.90. The molecule has 6 nitrogen and oxygen atoms in total. The number of benzene rings is 1. The molecule has 1 saturated carbocycles. The number of nitrogens with one attached hydrogen (secondary N) is 2. The minimum absolute atomic E-state index is 0.119. The van der Waals surface area contributed by atoms with Crippen LogP contribution in [0.3, 0.4) is 0 Å². The summed E-state index contributed by atoms with van der Waals surface area (Å²) in [7, 11) is 0. The van der Waals surface area contributed by atoms with E-state index >= 15 is 0 Å². The lowest BCUT2D eigenvalue weighted by molar-refractivity contribution is 0.0929. The molecule has 6 heteroatoms. The maximum absolute atomic E-state index is 12.1. The molecule has 1 heterocycles. The SMILES string of the molecule is CC(NC(=O)c1n[nH]c(C2CC2)n1)c1ccc(N)cc1. The van der Waals surface area contributed by atoms with Gasteiger partial charge in [-0.1, -0.05) is 12.1 Å². The molecule has 0 bridgehead atoms. The molecule has 1 amide bonds. The van der Waals surface area contributed by atoms with Crippen molar-refractivity contribution in [2.75, 3.05) is 5.73 Å². The standard InChI is InChI=1S/C14H17N5O/c1-8(9-4-6-11(15)7-5-9)16-14(20)13-17-12(18-19-13)10-2-3-10/h4-8,10H,2-3,15H2,1H3,(H,16,20)(H,17,18,19). The molecular weight excluding hydrogens is 254 g/mol. The number of aromatic amines is 1. The van der Waals surface area contributed by atoms with Crippen molar-refractivity contribution in [3.63, 3.8) is 0 Å². The summed E-state index contributed by atoms with van der Waals surface area (Å²) < 4.78 is 0. The van der Waals surface area contributed by atoms with Gasteiger partial charge in [0.1, 0.15) is 5.82 Å². The van der Waals surface area contributed by atoms with Crippen LogP contribution in [-0.2, 0) is 0 Å². The van der Waals surface area contributed by atoms with Crippen molar-refractivity contribution in [3.05, 3.63) is 41.5 Å². The summed E-state index contributed by atoms with van der Waals surface area (Å²) in [5, 5.41) is 9.68. The number of rotatable bonds is 4. The average molecular weight is 271 g/mol. The smallest absolute Gasteiger partial charge is 0.291 e. The number of H-pyrrole nitrogens is 1. The van der Waals surface area contributed by atoms with E-state index in [1.54, 1.807) is 0 Å². The summed E-state index contributed by atoms with van der Waals surface area (Å²) in [5.74, 6) is 1.21. The van der Waals surface area contributed by atoms with Gasteiger partial charge in [-0.3, -0.25) is 9.89 Å². The average Bonchev–Trinajstić information content (AvgIpc) is 3.17. The van der Waals surface area contributed by atoms with Gasteiger partial charge >= 0.3 is 0 Å². The van der Waals surface area contributed by atoms with E-state index in [4.69, 9.17) is 5.73 Å². The van der Waals surface area contributed by atoms with E-state index in [0.717, 1.165) is 24.2 Å². The van der Waals surface area contributed by atoms with Gasteiger partial charge in [-0.2, -0.15) is 0 Å². The summed E-state index contributed by atoms with van der Waals surface area (Å²) in [6.45, 7) is 1.91. The van der Waals surface area contributed by atoms with E-state index in [1.807, 2.05) is 31.2 Å². The molecule has 4 N–H and O–H groups in total. The summed E-state index contributed by atoms with van der Waals surface area (Å²) in [6.07, 6.45) is 2.25. The fourth-order valence-electron chi connectivity index (χ4n) is 2.04. The van der Waals surface area contributed by atoms with Crippen LogP contribution in [0.5, 0.6) is 0 Å². The van der Waals surface area contributed by atoms with Gasteiger partial charge in [0, 0.05) is 11.6 Å². The Labute approximate surface area is 116 Å². The van der Waals surface area contributed by atoms with Crippen LogP contribution in [0.15, 0.2) is 24.3 Å². The van der Waals surface area contributed by atoms with Crippen LogP contribution in [-0.4, -0.2) is 21.1 Å². The van der Waals surface area contributed by atoms with Crippen molar-refractivity contribution >= 4 is 11.6 Å². The van der Waals surface area contributed by atoms with Crippen LogP contribution in [0.1, 0.15) is 53.7 Å². The van der Waals surface area contributed by atoms with Gasteiger partial charge in [0.15, 0.2) is 0 Å². The number of anilines is 1. The summed E-state index contributed by atoms with van der Waals surface area (Å²) in [4.78, 5) is 16.3. The quantitative estimate of drug-likeness (QED) is 0.738. The van der Waals surface area contributed by atoms with Crippen LogP contribution >= 0.6 is 0 Å². The molecular formula is C14H17N5O. The summed E-state index contributed by atoms with van der Waals surface area (Å²) in [5.41, 5.74) is 7.34. The van der Waals surface area contributed by atoms with E-state index in [-0.39, 0.29) is 17.8 Å². The minimum Gasteiger partial charge on any atom is -0.399 e. The Balaban J connectivity index is 1.66. The Morgan fingerprint density at radius 3 is 2.75 bits per heavy atom. The highest BCUT2D eigenvalue weighted by atomic mass is 16.2. The van der Waals surface area contributed by atoms with E-state index in [9.17, 15) is 4.79 Å². The molecule has 0 aliphatic heterocycles. The van der Waals surface area contributed by atoms with Crippen molar-refractivity contribution in [3.8, 4) is 0 Å². The lowest BCUT2D eigenvalue weighted by atomic mass is 10.1. The number of amides is 1. The van der Waals surface area contributed by atoms with Crippen molar-refractivity contribution in [1.29, 1.82) is 0 Å². The number of aromatic nitrogens is 3. The first-order chi connectivity index (χ1) is 9.63. The highest BCUT2D eigenvalue weighted by Crippen LogP contribution is 2.37. The van der Waals surface area contributed by atoms with E-state index in [1.165, 1.54) is 0 Å². The maximum Gasteiger partial charge on any atom is 0.291 e. The number of hydrogen-bond acceptors (Lipinski definition) is 4. The fourth-order valence-corrected chi connectivity index (χ4v) is 2.04. The molecule has 104 valence electrons. The summed E-state index contributed by atoms with van der Waals surface area (Å²) in [6, 6.07) is 7.30. The van der Waals surface area contributed by atoms with Gasteiger partial charge in [0.25, 0.3) is 5.91 Å². The molecule has 1 unspecified atom stereocenters. The number of hydrogen-bond donors (Lipinski definition) is 3. The Hall–Kier alpha value is -2.37. The first kappa shape index (κ1) is 12.7. The molecule has 0 saturated heterocycles. The summed E-state index contributed by atoms with van der Waals surface area (Å²) >= 11 is 0. The van der Waals surface area contributed by atoms with E-state index in [2.05, 4.69) is 20.5 Å². The number of carbonyl (C=O) groups is 1. The molecule has 20 heavy (non-hydrogen) atoms. The molecule has 0 spiro atoms. The van der Waals surface area contributed by atoms with Crippen molar-refractivity contribution in [2.24, 2.45) is 0 Å². The first-order valence-electron chi connectivity index (χ1n) is 6.72. The van der Waals surface area contributed by atoms with Crippen LogP contribution < -0.4 is 11.1 Å². The van der Waals surface area contributed by atoms with Gasteiger partial charge in [0.05, 0.1) is 6.04 Å². The van der Waals surface area contributed by atoms with Crippen LogP contribution in [0.25, 0.3) is 0 Å². The van der Waals surface area contributed by atoms with Gasteiger partial charge in [-0.05, 0) is 37.5 Å². The number of nitrogens with zero attached hydrogens (tertiary/aromatic N) is 2. The van der Waals surface area contributed by atoms with E-state index in [0.29, 0.717) is 11.6 Å². The van der Waals surface area contributed by atoms with Gasteiger partial charge in [0.2, 0.25) is 5.82 Å². The van der Waals surface area contributed by atoms with Crippen molar-refractivity contribution in [1.82, 2.24) is 20.5 Å². The predicted molar refractivity (Wildman–Crippen MR) is 75.1 cm³/mol. The Kier molecular flexibility index (Phi) is 3.14. The second-order valence-electron chi connectivity index (χ2n) is 5.18. The van der Waals surface area contributed by atoms with Crippen molar-refractivity contribution < 1.29 is 4.79 Å². The second-order valence-corrected chi connectivity index (χ2v) is 5.18. The van der Waals surface area contributed by atoms with E-state index < -0.39 is 0 Å². The Morgan fingerprint density at radius 1 is 1.40 bits per heavy atom. The molecule has 1 aromatic heterocycles. The zero-order valence-corrected chi connectivity index (χ0v) is 11.3. The molecule has 1 aliphatic carbocycles. The van der Waals surface area contributed by atoms with Gasteiger partial charge in [-0.25, -0.2) is 4.98 Å². The Bertz CT molecular complexity index is 615.